The zero-order chi connectivity index (χ0) is 12.4. The van der Waals surface area contributed by atoms with Gasteiger partial charge in [-0.3, -0.25) is 4.79 Å². The van der Waals surface area contributed by atoms with Gasteiger partial charge in [0.05, 0.1) is 0 Å². The molecule has 0 unspecified atom stereocenters. The van der Waals surface area contributed by atoms with Crippen LogP contribution in [0.1, 0.15) is 15.9 Å². The molecule has 86 valence electrons. The summed E-state index contributed by atoms with van der Waals surface area (Å²) in [6.07, 6.45) is 2.73. The van der Waals surface area contributed by atoms with E-state index in [4.69, 9.17) is 5.11 Å². The van der Waals surface area contributed by atoms with E-state index in [0.29, 0.717) is 5.56 Å². The summed E-state index contributed by atoms with van der Waals surface area (Å²) in [6.45, 7) is 1.88. The molecule has 1 aromatic heterocycles. The van der Waals surface area contributed by atoms with Gasteiger partial charge in [0.15, 0.2) is 0 Å². The van der Waals surface area contributed by atoms with E-state index in [-0.39, 0.29) is 5.56 Å². The number of carboxylic acids is 1. The summed E-state index contributed by atoms with van der Waals surface area (Å²) >= 11 is 0. The van der Waals surface area contributed by atoms with Gasteiger partial charge in [0.2, 0.25) is 5.43 Å². The van der Waals surface area contributed by atoms with Crippen molar-refractivity contribution in [1.29, 1.82) is 0 Å². The molecule has 0 bridgehead atoms. The van der Waals surface area contributed by atoms with E-state index in [1.165, 1.54) is 12.4 Å². The number of carbonyl (C=O) groups is 1. The summed E-state index contributed by atoms with van der Waals surface area (Å²) in [6, 6.07) is 7.36. The quantitative estimate of drug-likeness (QED) is 0.827. The van der Waals surface area contributed by atoms with Gasteiger partial charge in [-0.1, -0.05) is 24.3 Å². The third kappa shape index (κ3) is 1.97. The summed E-state index contributed by atoms with van der Waals surface area (Å²) in [5.41, 5.74) is 1.34. The van der Waals surface area contributed by atoms with Gasteiger partial charge >= 0.3 is 5.97 Å². The highest BCUT2D eigenvalue weighted by atomic mass is 16.4. The lowest BCUT2D eigenvalue weighted by molar-refractivity contribution is 0.0695. The first-order valence-corrected chi connectivity index (χ1v) is 5.11. The third-order valence-corrected chi connectivity index (χ3v) is 2.61. The Kier molecular flexibility index (Phi) is 2.78. The van der Waals surface area contributed by atoms with Crippen LogP contribution in [-0.2, 0) is 0 Å². The molecule has 1 heterocycles. The molecule has 17 heavy (non-hydrogen) atoms. The highest BCUT2D eigenvalue weighted by Gasteiger charge is 2.13. The highest BCUT2D eigenvalue weighted by molar-refractivity contribution is 5.88. The lowest BCUT2D eigenvalue weighted by Gasteiger charge is -2.05. The molecule has 2 aromatic rings. The number of hydrogen-bond acceptors (Lipinski definition) is 2. The van der Waals surface area contributed by atoms with Crippen LogP contribution in [0.4, 0.5) is 0 Å². The van der Waals surface area contributed by atoms with E-state index < -0.39 is 11.4 Å². The smallest absolute Gasteiger partial charge is 0.341 e. The van der Waals surface area contributed by atoms with Crippen molar-refractivity contribution in [3.63, 3.8) is 0 Å². The van der Waals surface area contributed by atoms with Crippen LogP contribution in [0, 0.1) is 6.92 Å². The van der Waals surface area contributed by atoms with E-state index in [1.807, 2.05) is 25.1 Å². The van der Waals surface area contributed by atoms with Crippen LogP contribution in [0.25, 0.3) is 11.1 Å². The number of rotatable bonds is 2. The summed E-state index contributed by atoms with van der Waals surface area (Å²) in [4.78, 5) is 25.5. The molecule has 0 saturated carbocycles. The van der Waals surface area contributed by atoms with E-state index >= 15 is 0 Å². The van der Waals surface area contributed by atoms with Gasteiger partial charge in [-0.15, -0.1) is 0 Å². The molecule has 2 N–H and O–H groups in total. The van der Waals surface area contributed by atoms with Gasteiger partial charge in [0.25, 0.3) is 0 Å². The molecule has 0 fully saturated rings. The molecule has 4 nitrogen and oxygen atoms in total. The number of hydrogen-bond donors (Lipinski definition) is 2. The molecule has 0 aliphatic heterocycles. The number of carboxylic acid groups (broad SMARTS) is 1. The first-order chi connectivity index (χ1) is 8.11. The van der Waals surface area contributed by atoms with Crippen LogP contribution < -0.4 is 5.43 Å². The standard InChI is InChI=1S/C13H11NO3/c1-8-4-2-3-5-9(8)10-6-14-7-11(12(10)15)13(16)17/h2-7H,1H3,(H,14,15)(H,16,17). The fraction of sp³-hybridized carbons (Fsp3) is 0.0769. The SMILES string of the molecule is Cc1ccccc1-c1c[nH]cc(C(=O)O)c1=O. The van der Waals surface area contributed by atoms with Crippen molar-refractivity contribution in [2.75, 3.05) is 0 Å². The number of aromatic amines is 1. The fourth-order valence-corrected chi connectivity index (χ4v) is 1.72. The molecule has 4 heteroatoms. The molecule has 0 spiro atoms. The number of benzene rings is 1. The molecule has 0 radical (unpaired) electrons. The van der Waals surface area contributed by atoms with Crippen molar-refractivity contribution < 1.29 is 9.90 Å². The van der Waals surface area contributed by atoms with Crippen LogP contribution in [0.2, 0.25) is 0 Å². The van der Waals surface area contributed by atoms with Gasteiger partial charge in [-0.2, -0.15) is 0 Å². The predicted octanol–water partition coefficient (Wildman–Crippen LogP) is 2.05. The summed E-state index contributed by atoms with van der Waals surface area (Å²) in [7, 11) is 0. The third-order valence-electron chi connectivity index (χ3n) is 2.61. The minimum absolute atomic E-state index is 0.245. The van der Waals surface area contributed by atoms with Gasteiger partial charge < -0.3 is 10.1 Å². The second-order valence-corrected chi connectivity index (χ2v) is 3.73. The number of pyridine rings is 1. The van der Waals surface area contributed by atoms with E-state index in [2.05, 4.69) is 4.98 Å². The maximum Gasteiger partial charge on any atom is 0.341 e. The Balaban J connectivity index is 2.70. The van der Waals surface area contributed by atoms with Crippen LogP contribution in [-0.4, -0.2) is 16.1 Å². The molecule has 1 aromatic carbocycles. The van der Waals surface area contributed by atoms with Crippen molar-refractivity contribution in [1.82, 2.24) is 4.98 Å². The molecular weight excluding hydrogens is 218 g/mol. The highest BCUT2D eigenvalue weighted by Crippen LogP contribution is 2.19. The minimum Gasteiger partial charge on any atom is -0.477 e. The number of H-pyrrole nitrogens is 1. The van der Waals surface area contributed by atoms with E-state index in [9.17, 15) is 9.59 Å². The molecular formula is C13H11NO3. The van der Waals surface area contributed by atoms with Crippen LogP contribution >= 0.6 is 0 Å². The zero-order valence-electron chi connectivity index (χ0n) is 9.23. The Hall–Kier alpha value is -2.36. The monoisotopic (exact) mass is 229 g/mol. The normalized spacial score (nSPS) is 10.2. The van der Waals surface area contributed by atoms with Crippen molar-refractivity contribution in [3.8, 4) is 11.1 Å². The largest absolute Gasteiger partial charge is 0.477 e. The fourth-order valence-electron chi connectivity index (χ4n) is 1.72. The van der Waals surface area contributed by atoms with Gasteiger partial charge in [-0.05, 0) is 18.1 Å². The molecule has 0 saturated heterocycles. The van der Waals surface area contributed by atoms with E-state index in [1.54, 1.807) is 6.07 Å². The summed E-state index contributed by atoms with van der Waals surface area (Å²) in [5.74, 6) is -1.22. The van der Waals surface area contributed by atoms with Gasteiger partial charge in [0.1, 0.15) is 5.56 Å². The number of nitrogens with one attached hydrogen (secondary N) is 1. The first-order valence-electron chi connectivity index (χ1n) is 5.11. The van der Waals surface area contributed by atoms with Crippen molar-refractivity contribution in [2.45, 2.75) is 6.92 Å². The Morgan fingerprint density at radius 3 is 2.53 bits per heavy atom. The average Bonchev–Trinajstić information content (AvgIpc) is 2.30. The van der Waals surface area contributed by atoms with Crippen molar-refractivity contribution >= 4 is 5.97 Å². The predicted molar refractivity (Wildman–Crippen MR) is 64.2 cm³/mol. The molecule has 0 amide bonds. The Morgan fingerprint density at radius 2 is 1.88 bits per heavy atom. The number of aromatic carboxylic acids is 1. The lowest BCUT2D eigenvalue weighted by Crippen LogP contribution is -2.16. The number of aromatic nitrogens is 1. The Labute approximate surface area is 97.6 Å². The van der Waals surface area contributed by atoms with Crippen LogP contribution in [0.3, 0.4) is 0 Å². The summed E-state index contributed by atoms with van der Waals surface area (Å²) in [5, 5.41) is 8.89. The van der Waals surface area contributed by atoms with Crippen LogP contribution in [0.5, 0.6) is 0 Å². The maximum absolute atomic E-state index is 12.0. The topological polar surface area (TPSA) is 70.2 Å². The Morgan fingerprint density at radius 1 is 1.18 bits per heavy atom. The first kappa shape index (κ1) is 11.1. The molecule has 2 rings (SSSR count). The van der Waals surface area contributed by atoms with Crippen LogP contribution in [0.15, 0.2) is 41.5 Å². The van der Waals surface area contributed by atoms with Crippen molar-refractivity contribution in [3.05, 3.63) is 58.0 Å². The van der Waals surface area contributed by atoms with E-state index in [0.717, 1.165) is 11.1 Å². The second kappa shape index (κ2) is 4.25. The minimum atomic E-state index is -1.22. The lowest BCUT2D eigenvalue weighted by atomic mass is 10.0. The molecule has 0 atom stereocenters. The Bertz CT molecular complexity index is 629. The van der Waals surface area contributed by atoms with Gasteiger partial charge in [0, 0.05) is 18.0 Å². The molecule has 0 aliphatic rings. The van der Waals surface area contributed by atoms with Gasteiger partial charge in [-0.25, -0.2) is 4.79 Å². The maximum atomic E-state index is 12.0. The molecule has 0 aliphatic carbocycles. The number of aryl methyl sites for hydroxylation is 1. The second-order valence-electron chi connectivity index (χ2n) is 3.73. The average molecular weight is 229 g/mol. The zero-order valence-corrected chi connectivity index (χ0v) is 9.23. The summed E-state index contributed by atoms with van der Waals surface area (Å²) < 4.78 is 0. The van der Waals surface area contributed by atoms with Crippen molar-refractivity contribution in [2.24, 2.45) is 0 Å².